The molecule has 8 heteroatoms. The summed E-state index contributed by atoms with van der Waals surface area (Å²) in [6.07, 6.45) is 5.40. The molecular formula is C24H28Cl2N4O2. The topological polar surface area (TPSA) is 50.6 Å². The standard InChI is InChI=1S/C24H26N4O2.2ClH/c1-26-13-19-14-28(15-22(19)23(26)17-5-9-21(30-2)10-6-17)24(29)18-3-7-20(8-4-18)27-12-11-25-16-27;;/h3-12,16,19,22-23H,13-15H2,1-2H3;2*1H/t19-,22+,23-;;/m0../s1. The fraction of sp³-hybridized carbons (Fsp3) is 0.333. The van der Waals surface area contributed by atoms with E-state index < -0.39 is 0 Å². The van der Waals surface area contributed by atoms with E-state index in [1.165, 1.54) is 5.56 Å². The molecule has 1 amide bonds. The zero-order valence-electron chi connectivity index (χ0n) is 18.1. The molecule has 0 unspecified atom stereocenters. The summed E-state index contributed by atoms with van der Waals surface area (Å²) in [7, 11) is 3.88. The van der Waals surface area contributed by atoms with Crippen molar-refractivity contribution in [2.45, 2.75) is 6.04 Å². The molecule has 2 aliphatic rings. The fourth-order valence-electron chi connectivity index (χ4n) is 5.10. The second kappa shape index (κ2) is 9.94. The molecule has 0 aliphatic carbocycles. The van der Waals surface area contributed by atoms with E-state index >= 15 is 0 Å². The monoisotopic (exact) mass is 474 g/mol. The van der Waals surface area contributed by atoms with Crippen LogP contribution in [0.4, 0.5) is 0 Å². The van der Waals surface area contributed by atoms with Gasteiger partial charge in [0.05, 0.1) is 13.4 Å². The van der Waals surface area contributed by atoms with E-state index in [-0.39, 0.29) is 30.7 Å². The van der Waals surface area contributed by atoms with Crippen LogP contribution in [0.5, 0.6) is 5.75 Å². The van der Waals surface area contributed by atoms with Crippen LogP contribution in [0.25, 0.3) is 5.69 Å². The molecule has 5 rings (SSSR count). The first-order chi connectivity index (χ1) is 14.6. The summed E-state index contributed by atoms with van der Waals surface area (Å²) < 4.78 is 7.24. The Morgan fingerprint density at radius 1 is 1.00 bits per heavy atom. The molecule has 2 saturated heterocycles. The highest BCUT2D eigenvalue weighted by molar-refractivity contribution is 5.94. The third kappa shape index (κ3) is 4.35. The fourth-order valence-corrected chi connectivity index (χ4v) is 5.10. The maximum atomic E-state index is 13.2. The molecule has 3 atom stereocenters. The molecule has 0 spiro atoms. The Kier molecular flexibility index (Phi) is 7.49. The number of likely N-dealkylation sites (tertiary alicyclic amines) is 2. The molecule has 0 saturated carbocycles. The van der Waals surface area contributed by atoms with Crippen LogP contribution < -0.4 is 4.74 Å². The van der Waals surface area contributed by atoms with E-state index in [1.54, 1.807) is 19.6 Å². The minimum atomic E-state index is 0. The smallest absolute Gasteiger partial charge is 0.253 e. The van der Waals surface area contributed by atoms with Crippen LogP contribution in [-0.4, -0.2) is 59.0 Å². The lowest BCUT2D eigenvalue weighted by atomic mass is 9.89. The number of carbonyl (C=O) groups excluding carboxylic acids is 1. The van der Waals surface area contributed by atoms with Crippen molar-refractivity contribution in [1.82, 2.24) is 19.4 Å². The van der Waals surface area contributed by atoms with Crippen molar-refractivity contribution >= 4 is 30.7 Å². The first kappa shape index (κ1) is 24.1. The largest absolute Gasteiger partial charge is 0.497 e. The minimum Gasteiger partial charge on any atom is -0.497 e. The van der Waals surface area contributed by atoms with E-state index in [2.05, 4.69) is 29.1 Å². The van der Waals surface area contributed by atoms with Gasteiger partial charge in [0.1, 0.15) is 5.75 Å². The number of carbonyl (C=O) groups is 1. The van der Waals surface area contributed by atoms with Gasteiger partial charge < -0.3 is 14.2 Å². The first-order valence-electron chi connectivity index (χ1n) is 10.4. The van der Waals surface area contributed by atoms with Crippen LogP contribution in [0.2, 0.25) is 0 Å². The summed E-state index contributed by atoms with van der Waals surface area (Å²) in [5.41, 5.74) is 3.04. The third-order valence-electron chi connectivity index (χ3n) is 6.56. The van der Waals surface area contributed by atoms with Crippen molar-refractivity contribution < 1.29 is 9.53 Å². The molecule has 0 N–H and O–H groups in total. The number of rotatable bonds is 4. The van der Waals surface area contributed by atoms with E-state index in [1.807, 2.05) is 52.1 Å². The lowest BCUT2D eigenvalue weighted by Gasteiger charge is -2.27. The molecule has 6 nitrogen and oxygen atoms in total. The Labute approximate surface area is 201 Å². The van der Waals surface area contributed by atoms with Gasteiger partial charge in [0.2, 0.25) is 0 Å². The van der Waals surface area contributed by atoms with Gasteiger partial charge in [-0.2, -0.15) is 0 Å². The SMILES string of the molecule is COc1ccc([C@H]2[C@@H]3CN(C(=O)c4ccc(-n5ccnc5)cc4)C[C@@H]3CN2C)cc1.Cl.Cl. The van der Waals surface area contributed by atoms with Crippen molar-refractivity contribution in [3.63, 3.8) is 0 Å². The molecule has 32 heavy (non-hydrogen) atoms. The number of aromatic nitrogens is 2. The number of imidazole rings is 1. The minimum absolute atomic E-state index is 0. The maximum absolute atomic E-state index is 13.2. The molecule has 1 aromatic heterocycles. The summed E-state index contributed by atoms with van der Waals surface area (Å²) in [5, 5.41) is 0. The van der Waals surface area contributed by atoms with Gasteiger partial charge in [-0.1, -0.05) is 12.1 Å². The quantitative estimate of drug-likeness (QED) is 0.570. The normalized spacial score (nSPS) is 22.1. The van der Waals surface area contributed by atoms with Crippen LogP contribution in [-0.2, 0) is 0 Å². The Bertz CT molecular complexity index is 1030. The summed E-state index contributed by atoms with van der Waals surface area (Å²) in [6, 6.07) is 16.5. The molecule has 2 aliphatic heterocycles. The van der Waals surface area contributed by atoms with Gasteiger partial charge in [0.25, 0.3) is 5.91 Å². The van der Waals surface area contributed by atoms with Gasteiger partial charge in [0.15, 0.2) is 0 Å². The predicted octanol–water partition coefficient (Wildman–Crippen LogP) is 4.10. The Hall–Kier alpha value is -2.54. The van der Waals surface area contributed by atoms with Crippen molar-refractivity contribution in [3.05, 3.63) is 78.4 Å². The highest BCUT2D eigenvalue weighted by Gasteiger charge is 2.47. The molecule has 2 fully saturated rings. The van der Waals surface area contributed by atoms with Crippen molar-refractivity contribution in [3.8, 4) is 11.4 Å². The van der Waals surface area contributed by atoms with E-state index in [0.29, 0.717) is 17.9 Å². The first-order valence-corrected chi connectivity index (χ1v) is 10.4. The summed E-state index contributed by atoms with van der Waals surface area (Å²) in [4.78, 5) is 21.7. The number of nitrogens with zero attached hydrogens (tertiary/aromatic N) is 4. The number of hydrogen-bond acceptors (Lipinski definition) is 4. The van der Waals surface area contributed by atoms with Gasteiger partial charge in [-0.25, -0.2) is 4.98 Å². The number of hydrogen-bond donors (Lipinski definition) is 0. The zero-order valence-corrected chi connectivity index (χ0v) is 19.8. The molecule has 170 valence electrons. The van der Waals surface area contributed by atoms with Gasteiger partial charge in [-0.15, -0.1) is 24.8 Å². The third-order valence-corrected chi connectivity index (χ3v) is 6.56. The van der Waals surface area contributed by atoms with Gasteiger partial charge in [-0.05, 0) is 54.9 Å². The van der Waals surface area contributed by atoms with Crippen molar-refractivity contribution in [2.24, 2.45) is 11.8 Å². The van der Waals surface area contributed by atoms with Crippen LogP contribution in [0.1, 0.15) is 22.0 Å². The molecule has 2 aromatic carbocycles. The average Bonchev–Trinajstić information content (AvgIpc) is 3.50. The highest BCUT2D eigenvalue weighted by Crippen LogP contribution is 2.44. The summed E-state index contributed by atoms with van der Waals surface area (Å²) >= 11 is 0. The Morgan fingerprint density at radius 3 is 2.34 bits per heavy atom. The van der Waals surface area contributed by atoms with Gasteiger partial charge in [0, 0.05) is 55.2 Å². The van der Waals surface area contributed by atoms with Gasteiger partial charge in [-0.3, -0.25) is 9.69 Å². The van der Waals surface area contributed by atoms with Gasteiger partial charge >= 0.3 is 0 Å². The summed E-state index contributed by atoms with van der Waals surface area (Å²) in [6.45, 7) is 2.64. The molecular weight excluding hydrogens is 447 g/mol. The van der Waals surface area contributed by atoms with Crippen LogP contribution in [0.15, 0.2) is 67.3 Å². The lowest BCUT2D eigenvalue weighted by Crippen LogP contribution is -2.33. The van der Waals surface area contributed by atoms with Crippen LogP contribution >= 0.6 is 24.8 Å². The Morgan fingerprint density at radius 2 is 1.72 bits per heavy atom. The molecule has 0 radical (unpaired) electrons. The average molecular weight is 475 g/mol. The Balaban J connectivity index is 0.00000144. The number of fused-ring (bicyclic) bond motifs is 1. The second-order valence-corrected chi connectivity index (χ2v) is 8.31. The molecule has 0 bridgehead atoms. The molecule has 3 aromatic rings. The van der Waals surface area contributed by atoms with Crippen molar-refractivity contribution in [2.75, 3.05) is 33.8 Å². The van der Waals surface area contributed by atoms with Crippen LogP contribution in [0.3, 0.4) is 0 Å². The number of methoxy groups -OCH3 is 1. The van der Waals surface area contributed by atoms with Crippen molar-refractivity contribution in [1.29, 1.82) is 0 Å². The maximum Gasteiger partial charge on any atom is 0.253 e. The number of halogens is 2. The predicted molar refractivity (Wildman–Crippen MR) is 129 cm³/mol. The number of ether oxygens (including phenoxy) is 1. The lowest BCUT2D eigenvalue weighted by molar-refractivity contribution is 0.0768. The zero-order chi connectivity index (χ0) is 20.7. The highest BCUT2D eigenvalue weighted by atomic mass is 35.5. The molecule has 3 heterocycles. The number of benzene rings is 2. The number of amides is 1. The van der Waals surface area contributed by atoms with Crippen LogP contribution in [0, 0.1) is 11.8 Å². The van der Waals surface area contributed by atoms with E-state index in [4.69, 9.17) is 4.74 Å². The second-order valence-electron chi connectivity index (χ2n) is 8.31. The van der Waals surface area contributed by atoms with E-state index in [0.717, 1.165) is 36.6 Å². The van der Waals surface area contributed by atoms with E-state index in [9.17, 15) is 4.79 Å². The summed E-state index contributed by atoms with van der Waals surface area (Å²) in [5.74, 6) is 1.96.